The van der Waals surface area contributed by atoms with E-state index in [0.29, 0.717) is 5.56 Å². The lowest BCUT2D eigenvalue weighted by atomic mass is 10.2. The monoisotopic (exact) mass is 317 g/mol. The van der Waals surface area contributed by atoms with Crippen LogP contribution in [0.3, 0.4) is 0 Å². The first-order chi connectivity index (χ1) is 10.9. The number of nitrogens with two attached hydrogens (primary N) is 1. The Hall–Kier alpha value is -3.16. The highest BCUT2D eigenvalue weighted by molar-refractivity contribution is 5.97. The van der Waals surface area contributed by atoms with E-state index < -0.39 is 24.0 Å². The number of ether oxygens (including phenoxy) is 1. The van der Waals surface area contributed by atoms with Crippen molar-refractivity contribution in [3.05, 3.63) is 41.8 Å². The fraction of sp³-hybridized carbons (Fsp3) is 0.200. The molecule has 0 aliphatic heterocycles. The molecule has 1 aromatic heterocycles. The van der Waals surface area contributed by atoms with Crippen molar-refractivity contribution in [3.8, 4) is 11.5 Å². The molecule has 0 saturated heterocycles. The number of oxazole rings is 1. The summed E-state index contributed by atoms with van der Waals surface area (Å²) in [6.45, 7) is 2.87. The second-order valence-corrected chi connectivity index (χ2v) is 4.69. The van der Waals surface area contributed by atoms with Crippen LogP contribution >= 0.6 is 0 Å². The Morgan fingerprint density at radius 2 is 1.91 bits per heavy atom. The lowest BCUT2D eigenvalue weighted by Crippen LogP contribution is -2.42. The molecule has 8 nitrogen and oxygen atoms in total. The van der Waals surface area contributed by atoms with Crippen LogP contribution in [0.2, 0.25) is 0 Å². The first kappa shape index (κ1) is 16.2. The molecule has 0 fully saturated rings. The number of rotatable bonds is 4. The van der Waals surface area contributed by atoms with Crippen LogP contribution in [-0.4, -0.2) is 29.0 Å². The van der Waals surface area contributed by atoms with Crippen molar-refractivity contribution in [1.29, 1.82) is 0 Å². The molecule has 0 unspecified atom stereocenters. The summed E-state index contributed by atoms with van der Waals surface area (Å²) in [5.74, 6) is -1.13. The van der Waals surface area contributed by atoms with Gasteiger partial charge in [-0.25, -0.2) is 14.6 Å². The van der Waals surface area contributed by atoms with Crippen LogP contribution in [0.25, 0.3) is 11.5 Å². The molecule has 1 heterocycles. The van der Waals surface area contributed by atoms with Crippen LogP contribution in [0.5, 0.6) is 0 Å². The van der Waals surface area contributed by atoms with E-state index >= 15 is 0 Å². The first-order valence-electron chi connectivity index (χ1n) is 6.72. The molecule has 120 valence electrons. The number of nitrogens with zero attached hydrogens (tertiary/aromatic N) is 1. The van der Waals surface area contributed by atoms with E-state index in [1.54, 1.807) is 19.1 Å². The molecule has 3 amide bonds. The Morgan fingerprint density at radius 1 is 1.26 bits per heavy atom. The number of carbonyl (C=O) groups is 3. The van der Waals surface area contributed by atoms with Gasteiger partial charge in [0.15, 0.2) is 11.8 Å². The van der Waals surface area contributed by atoms with Crippen molar-refractivity contribution in [2.45, 2.75) is 20.0 Å². The zero-order valence-corrected chi connectivity index (χ0v) is 12.5. The maximum Gasteiger partial charge on any atom is 0.361 e. The fourth-order valence-electron chi connectivity index (χ4n) is 1.78. The van der Waals surface area contributed by atoms with E-state index in [0.717, 1.165) is 0 Å². The highest BCUT2D eigenvalue weighted by Gasteiger charge is 2.24. The van der Waals surface area contributed by atoms with Crippen LogP contribution in [0.1, 0.15) is 23.2 Å². The molecule has 8 heteroatoms. The van der Waals surface area contributed by atoms with Crippen LogP contribution in [-0.2, 0) is 9.53 Å². The van der Waals surface area contributed by atoms with Crippen LogP contribution in [0.4, 0.5) is 4.79 Å². The second kappa shape index (κ2) is 6.73. The third-order valence-corrected chi connectivity index (χ3v) is 2.91. The number of aryl methyl sites for hydroxylation is 1. The van der Waals surface area contributed by atoms with E-state index in [9.17, 15) is 14.4 Å². The van der Waals surface area contributed by atoms with E-state index in [2.05, 4.69) is 4.98 Å². The number of aromatic nitrogens is 1. The van der Waals surface area contributed by atoms with Gasteiger partial charge in [-0.05, 0) is 26.0 Å². The Kier molecular flexibility index (Phi) is 4.75. The predicted molar refractivity (Wildman–Crippen MR) is 79.3 cm³/mol. The summed E-state index contributed by atoms with van der Waals surface area (Å²) >= 11 is 0. The molecule has 2 aromatic rings. The molecule has 3 N–H and O–H groups in total. The van der Waals surface area contributed by atoms with Gasteiger partial charge in [0.25, 0.3) is 5.91 Å². The summed E-state index contributed by atoms with van der Waals surface area (Å²) in [5.41, 5.74) is 5.49. The molecule has 1 aromatic carbocycles. The number of carbonyl (C=O) groups excluding carboxylic acids is 3. The molecule has 23 heavy (non-hydrogen) atoms. The fourth-order valence-corrected chi connectivity index (χ4v) is 1.78. The van der Waals surface area contributed by atoms with Crippen LogP contribution in [0, 0.1) is 6.92 Å². The molecule has 0 aliphatic carbocycles. The maximum atomic E-state index is 12.1. The summed E-state index contributed by atoms with van der Waals surface area (Å²) in [5, 5.41) is 1.82. The topological polar surface area (TPSA) is 125 Å². The second-order valence-electron chi connectivity index (χ2n) is 4.69. The number of imide groups is 1. The van der Waals surface area contributed by atoms with Gasteiger partial charge in [0, 0.05) is 5.56 Å². The van der Waals surface area contributed by atoms with Crippen molar-refractivity contribution in [3.63, 3.8) is 0 Å². The van der Waals surface area contributed by atoms with Crippen LogP contribution in [0.15, 0.2) is 34.7 Å². The summed E-state index contributed by atoms with van der Waals surface area (Å²) in [6.07, 6.45) is -1.20. The Labute approximate surface area is 131 Å². The summed E-state index contributed by atoms with van der Waals surface area (Å²) in [4.78, 5) is 38.3. The minimum Gasteiger partial charge on any atom is -0.448 e. The molecule has 0 radical (unpaired) electrons. The normalized spacial score (nSPS) is 11.6. The highest BCUT2D eigenvalue weighted by Crippen LogP contribution is 2.22. The predicted octanol–water partition coefficient (Wildman–Crippen LogP) is 1.39. The average molecular weight is 317 g/mol. The molecule has 0 spiro atoms. The summed E-state index contributed by atoms with van der Waals surface area (Å²) in [6, 6.07) is 7.99. The molecule has 0 saturated carbocycles. The molecule has 0 bridgehead atoms. The third-order valence-electron chi connectivity index (χ3n) is 2.91. The Bertz CT molecular complexity index is 739. The van der Waals surface area contributed by atoms with Crippen molar-refractivity contribution in [2.75, 3.05) is 0 Å². The summed E-state index contributed by atoms with van der Waals surface area (Å²) < 4.78 is 10.4. The van der Waals surface area contributed by atoms with Gasteiger partial charge in [-0.2, -0.15) is 0 Å². The quantitative estimate of drug-likeness (QED) is 0.821. The van der Waals surface area contributed by atoms with E-state index in [4.69, 9.17) is 14.9 Å². The Morgan fingerprint density at radius 3 is 2.52 bits per heavy atom. The Balaban J connectivity index is 2.13. The van der Waals surface area contributed by atoms with Gasteiger partial charge >= 0.3 is 12.0 Å². The molecular weight excluding hydrogens is 302 g/mol. The SMILES string of the molecule is Cc1oc(-c2ccccc2)nc1C(=O)O[C@H](C)C(=O)NC(N)=O. The minimum absolute atomic E-state index is 0.0393. The first-order valence-corrected chi connectivity index (χ1v) is 6.72. The number of nitrogens with one attached hydrogen (secondary N) is 1. The highest BCUT2D eigenvalue weighted by atomic mass is 16.5. The van der Waals surface area contributed by atoms with Crippen molar-refractivity contribution < 1.29 is 23.5 Å². The maximum absolute atomic E-state index is 12.1. The van der Waals surface area contributed by atoms with Gasteiger partial charge < -0.3 is 14.9 Å². The molecule has 2 rings (SSSR count). The van der Waals surface area contributed by atoms with E-state index in [1.165, 1.54) is 6.92 Å². The number of primary amides is 1. The molecule has 0 aliphatic rings. The van der Waals surface area contributed by atoms with Gasteiger partial charge in [-0.1, -0.05) is 18.2 Å². The van der Waals surface area contributed by atoms with E-state index in [1.807, 2.05) is 23.5 Å². The van der Waals surface area contributed by atoms with Crippen molar-refractivity contribution in [2.24, 2.45) is 5.73 Å². The number of hydrogen-bond acceptors (Lipinski definition) is 6. The van der Waals surface area contributed by atoms with Gasteiger partial charge in [0.05, 0.1) is 0 Å². The number of amides is 3. The average Bonchev–Trinajstić information content (AvgIpc) is 2.89. The standard InChI is InChI=1S/C15H15N3O5/c1-8-11(14(20)23-9(2)12(19)18-15(16)21)17-13(22-8)10-6-4-3-5-7-10/h3-7,9H,1-2H3,(H3,16,18,19,21)/t9-/m1/s1. The largest absolute Gasteiger partial charge is 0.448 e. The van der Waals surface area contributed by atoms with Crippen molar-refractivity contribution in [1.82, 2.24) is 10.3 Å². The van der Waals surface area contributed by atoms with Crippen LogP contribution < -0.4 is 11.1 Å². The number of hydrogen-bond donors (Lipinski definition) is 2. The van der Waals surface area contributed by atoms with Gasteiger partial charge in [0.1, 0.15) is 5.76 Å². The smallest absolute Gasteiger partial charge is 0.361 e. The molecular formula is C15H15N3O5. The van der Waals surface area contributed by atoms with Crippen molar-refractivity contribution >= 4 is 17.9 Å². The van der Waals surface area contributed by atoms with Gasteiger partial charge in [-0.15, -0.1) is 0 Å². The lowest BCUT2D eigenvalue weighted by Gasteiger charge is -2.10. The van der Waals surface area contributed by atoms with Gasteiger partial charge in [0.2, 0.25) is 5.89 Å². The third kappa shape index (κ3) is 3.94. The lowest BCUT2D eigenvalue weighted by molar-refractivity contribution is -0.127. The zero-order valence-electron chi connectivity index (χ0n) is 12.5. The van der Waals surface area contributed by atoms with Gasteiger partial charge in [-0.3, -0.25) is 10.1 Å². The van der Waals surface area contributed by atoms with E-state index in [-0.39, 0.29) is 17.3 Å². The molecule has 1 atom stereocenters. The summed E-state index contributed by atoms with van der Waals surface area (Å²) in [7, 11) is 0. The number of benzene rings is 1. The minimum atomic E-state index is -1.20. The number of esters is 1. The zero-order chi connectivity index (χ0) is 17.0. The number of urea groups is 1.